The number of hydrogen-bond donors (Lipinski definition) is 1. The molecule has 0 spiro atoms. The second-order valence-electron chi connectivity index (χ2n) is 4.84. The maximum absolute atomic E-state index is 5.57. The van der Waals surface area contributed by atoms with E-state index in [1.54, 1.807) is 18.9 Å². The van der Waals surface area contributed by atoms with Crippen molar-refractivity contribution in [1.82, 2.24) is 14.8 Å². The van der Waals surface area contributed by atoms with Gasteiger partial charge in [0.1, 0.15) is 18.8 Å². The van der Waals surface area contributed by atoms with Gasteiger partial charge in [0, 0.05) is 5.69 Å². The fraction of sp³-hybridized carbons (Fsp3) is 0.333. The van der Waals surface area contributed by atoms with Crippen molar-refractivity contribution >= 4 is 5.69 Å². The first kappa shape index (κ1) is 12.7. The zero-order valence-electron chi connectivity index (χ0n) is 11.3. The third-order valence-corrected chi connectivity index (χ3v) is 3.36. The van der Waals surface area contributed by atoms with Crippen LogP contribution in [0.2, 0.25) is 0 Å². The Morgan fingerprint density at radius 2 is 2.30 bits per heavy atom. The van der Waals surface area contributed by atoms with Crippen molar-refractivity contribution in [3.63, 3.8) is 0 Å². The van der Waals surface area contributed by atoms with E-state index in [1.165, 1.54) is 5.56 Å². The summed E-state index contributed by atoms with van der Waals surface area (Å²) in [5.41, 5.74) is 2.32. The molecule has 5 nitrogen and oxygen atoms in total. The van der Waals surface area contributed by atoms with Gasteiger partial charge in [0.15, 0.2) is 0 Å². The molecule has 20 heavy (non-hydrogen) atoms. The Hall–Kier alpha value is -2.30. The average Bonchev–Trinajstić information content (AvgIpc) is 3.00. The molecule has 0 radical (unpaired) electrons. The van der Waals surface area contributed by atoms with E-state index in [0.717, 1.165) is 25.1 Å². The number of anilines is 1. The third-order valence-electron chi connectivity index (χ3n) is 3.36. The van der Waals surface area contributed by atoms with Crippen molar-refractivity contribution in [1.29, 1.82) is 0 Å². The highest BCUT2D eigenvalue weighted by molar-refractivity contribution is 5.51. The van der Waals surface area contributed by atoms with E-state index in [2.05, 4.69) is 33.6 Å². The van der Waals surface area contributed by atoms with Gasteiger partial charge >= 0.3 is 0 Å². The standard InChI is InChI=1S/C15H18N4O/c1-2-7-15(17-9-14-6-3-4-8-20-14)13(5-1)10-19-12-16-11-18-19/h1-2,4-5,7-8,11-12,14,17H,3,6,9-10H2. The second-order valence-corrected chi connectivity index (χ2v) is 4.84. The van der Waals surface area contributed by atoms with Gasteiger partial charge in [0.05, 0.1) is 19.4 Å². The molecule has 0 fully saturated rings. The van der Waals surface area contributed by atoms with Gasteiger partial charge in [-0.1, -0.05) is 18.2 Å². The van der Waals surface area contributed by atoms with E-state index >= 15 is 0 Å². The lowest BCUT2D eigenvalue weighted by atomic mass is 10.1. The zero-order valence-corrected chi connectivity index (χ0v) is 11.3. The number of allylic oxidation sites excluding steroid dienone is 1. The van der Waals surface area contributed by atoms with Gasteiger partial charge in [-0.15, -0.1) is 0 Å². The van der Waals surface area contributed by atoms with Gasteiger partial charge < -0.3 is 10.1 Å². The number of benzene rings is 1. The first-order valence-corrected chi connectivity index (χ1v) is 6.86. The van der Waals surface area contributed by atoms with Gasteiger partial charge in [0.25, 0.3) is 0 Å². The highest BCUT2D eigenvalue weighted by atomic mass is 16.5. The molecule has 1 aromatic heterocycles. The first-order valence-electron chi connectivity index (χ1n) is 6.86. The molecule has 1 aromatic carbocycles. The minimum atomic E-state index is 0.249. The Balaban J connectivity index is 1.64. The summed E-state index contributed by atoms with van der Waals surface area (Å²) >= 11 is 0. The van der Waals surface area contributed by atoms with E-state index in [0.29, 0.717) is 6.54 Å². The number of nitrogens with one attached hydrogen (secondary N) is 1. The lowest BCUT2D eigenvalue weighted by molar-refractivity contribution is 0.135. The van der Waals surface area contributed by atoms with Crippen LogP contribution in [0.4, 0.5) is 5.69 Å². The summed E-state index contributed by atoms with van der Waals surface area (Å²) in [4.78, 5) is 3.97. The van der Waals surface area contributed by atoms with Crippen molar-refractivity contribution in [3.05, 3.63) is 54.8 Å². The molecule has 1 atom stereocenters. The van der Waals surface area contributed by atoms with E-state index in [9.17, 15) is 0 Å². The molecule has 0 amide bonds. The molecule has 0 bridgehead atoms. The normalized spacial score (nSPS) is 17.7. The molecule has 1 N–H and O–H groups in total. The van der Waals surface area contributed by atoms with Crippen LogP contribution in [-0.2, 0) is 11.3 Å². The molecule has 0 saturated heterocycles. The molecule has 2 heterocycles. The SMILES string of the molecule is C1=COC(CNc2ccccc2Cn2cncn2)CC1. The van der Waals surface area contributed by atoms with Gasteiger partial charge in [0.2, 0.25) is 0 Å². The van der Waals surface area contributed by atoms with Gasteiger partial charge in [-0.25, -0.2) is 9.67 Å². The third kappa shape index (κ3) is 3.17. The number of nitrogens with zero attached hydrogens (tertiary/aromatic N) is 3. The smallest absolute Gasteiger partial charge is 0.137 e. The topological polar surface area (TPSA) is 52.0 Å². The van der Waals surface area contributed by atoms with Crippen LogP contribution in [0, 0.1) is 0 Å². The minimum absolute atomic E-state index is 0.249. The van der Waals surface area contributed by atoms with Crippen LogP contribution in [0.5, 0.6) is 0 Å². The fourth-order valence-corrected chi connectivity index (χ4v) is 2.28. The largest absolute Gasteiger partial charge is 0.497 e. The van der Waals surface area contributed by atoms with Crippen LogP contribution in [0.3, 0.4) is 0 Å². The quantitative estimate of drug-likeness (QED) is 0.906. The highest BCUT2D eigenvalue weighted by Crippen LogP contribution is 2.17. The summed E-state index contributed by atoms with van der Waals surface area (Å²) in [6.07, 6.45) is 9.55. The Kier molecular flexibility index (Phi) is 3.96. The van der Waals surface area contributed by atoms with Gasteiger partial charge in [-0.2, -0.15) is 5.10 Å². The molecule has 0 saturated carbocycles. The van der Waals surface area contributed by atoms with Crippen LogP contribution in [0.25, 0.3) is 0 Å². The second kappa shape index (κ2) is 6.23. The molecule has 0 aliphatic carbocycles. The van der Waals surface area contributed by atoms with Crippen molar-refractivity contribution in [3.8, 4) is 0 Å². The average molecular weight is 270 g/mol. The van der Waals surface area contributed by atoms with Crippen molar-refractivity contribution in [2.75, 3.05) is 11.9 Å². The predicted molar refractivity (Wildman–Crippen MR) is 77.3 cm³/mol. The first-order chi connectivity index (χ1) is 9.92. The molecule has 104 valence electrons. The lowest BCUT2D eigenvalue weighted by Gasteiger charge is -2.21. The fourth-order valence-electron chi connectivity index (χ4n) is 2.28. The number of para-hydroxylation sites is 1. The number of rotatable bonds is 5. The summed E-state index contributed by atoms with van der Waals surface area (Å²) in [6.45, 7) is 1.54. The maximum atomic E-state index is 5.57. The number of ether oxygens (including phenoxy) is 1. The molecule has 3 rings (SSSR count). The molecular formula is C15H18N4O. The molecule has 2 aromatic rings. The maximum Gasteiger partial charge on any atom is 0.137 e. The minimum Gasteiger partial charge on any atom is -0.497 e. The monoisotopic (exact) mass is 270 g/mol. The molecule has 5 heteroatoms. The molecular weight excluding hydrogens is 252 g/mol. The van der Waals surface area contributed by atoms with Crippen LogP contribution < -0.4 is 5.32 Å². The Bertz CT molecular complexity index is 565. The van der Waals surface area contributed by atoms with E-state index in [-0.39, 0.29) is 6.10 Å². The van der Waals surface area contributed by atoms with Gasteiger partial charge in [-0.3, -0.25) is 0 Å². The van der Waals surface area contributed by atoms with Crippen molar-refractivity contribution in [2.24, 2.45) is 0 Å². The summed E-state index contributed by atoms with van der Waals surface area (Å²) in [6, 6.07) is 8.27. The number of hydrogen-bond acceptors (Lipinski definition) is 4. The Morgan fingerprint density at radius 1 is 1.35 bits per heavy atom. The van der Waals surface area contributed by atoms with Crippen molar-refractivity contribution in [2.45, 2.75) is 25.5 Å². The van der Waals surface area contributed by atoms with Crippen LogP contribution >= 0.6 is 0 Å². The summed E-state index contributed by atoms with van der Waals surface area (Å²) in [7, 11) is 0. The van der Waals surface area contributed by atoms with E-state index in [1.807, 2.05) is 16.8 Å². The zero-order chi connectivity index (χ0) is 13.6. The van der Waals surface area contributed by atoms with E-state index < -0.39 is 0 Å². The molecule has 1 unspecified atom stereocenters. The van der Waals surface area contributed by atoms with Crippen LogP contribution in [0.15, 0.2) is 49.3 Å². The van der Waals surface area contributed by atoms with Gasteiger partial charge in [-0.05, 0) is 30.5 Å². The molecule has 1 aliphatic rings. The Labute approximate surface area is 118 Å². The van der Waals surface area contributed by atoms with Crippen molar-refractivity contribution < 1.29 is 4.74 Å². The van der Waals surface area contributed by atoms with Crippen LogP contribution in [0.1, 0.15) is 18.4 Å². The summed E-state index contributed by atoms with van der Waals surface area (Å²) in [5, 5.41) is 7.62. The summed E-state index contributed by atoms with van der Waals surface area (Å²) < 4.78 is 7.39. The highest BCUT2D eigenvalue weighted by Gasteiger charge is 2.11. The summed E-state index contributed by atoms with van der Waals surface area (Å²) in [5.74, 6) is 0. The Morgan fingerprint density at radius 3 is 3.10 bits per heavy atom. The molecule has 1 aliphatic heterocycles. The van der Waals surface area contributed by atoms with Crippen LogP contribution in [-0.4, -0.2) is 27.4 Å². The van der Waals surface area contributed by atoms with E-state index in [4.69, 9.17) is 4.74 Å². The lowest BCUT2D eigenvalue weighted by Crippen LogP contribution is -2.23. The predicted octanol–water partition coefficient (Wildman–Crippen LogP) is 2.43. The number of aromatic nitrogens is 3.